The van der Waals surface area contributed by atoms with E-state index >= 15 is 0 Å². The Hall–Kier alpha value is -1.97. The summed E-state index contributed by atoms with van der Waals surface area (Å²) in [6.07, 6.45) is 5.22. The molecule has 1 aromatic heterocycles. The van der Waals surface area contributed by atoms with Gasteiger partial charge in [0.05, 0.1) is 5.69 Å². The van der Waals surface area contributed by atoms with Crippen LogP contribution in [0.5, 0.6) is 5.75 Å². The van der Waals surface area contributed by atoms with E-state index in [1.807, 2.05) is 0 Å². The zero-order chi connectivity index (χ0) is 11.8. The van der Waals surface area contributed by atoms with Crippen molar-refractivity contribution in [1.82, 2.24) is 9.97 Å². The molecule has 0 spiro atoms. The first-order valence-electron chi connectivity index (χ1n) is 5.52. The average Bonchev–Trinajstić information content (AvgIpc) is 3.16. The molecule has 17 heavy (non-hydrogen) atoms. The first-order valence-corrected chi connectivity index (χ1v) is 5.52. The molecule has 4 heteroatoms. The third kappa shape index (κ3) is 1.86. The van der Waals surface area contributed by atoms with Crippen molar-refractivity contribution >= 4 is 0 Å². The lowest BCUT2D eigenvalue weighted by Crippen LogP contribution is -1.93. The number of aromatic nitrogens is 2. The van der Waals surface area contributed by atoms with E-state index in [1.165, 1.54) is 24.5 Å². The van der Waals surface area contributed by atoms with Crippen LogP contribution in [0.25, 0.3) is 11.1 Å². The molecule has 1 radical (unpaired) electrons. The van der Waals surface area contributed by atoms with Crippen LogP contribution >= 0.6 is 0 Å². The standard InChI is InChI=1S/C13H10FN2O/c14-9-3-4-12(17)10(5-9)11-6-15-7-16-13(11)8-1-2-8/h3-8H,1-2H2. The van der Waals surface area contributed by atoms with Crippen LogP contribution in [0.15, 0.2) is 30.7 Å². The highest BCUT2D eigenvalue weighted by Crippen LogP contribution is 2.44. The molecular formula is C13H10FN2O. The van der Waals surface area contributed by atoms with Gasteiger partial charge in [0.1, 0.15) is 12.1 Å². The minimum atomic E-state index is -0.412. The molecule has 0 atom stereocenters. The SMILES string of the molecule is [O]c1ccc(F)cc1-c1cncnc1C1CC1. The fraction of sp³-hybridized carbons (Fsp3) is 0.231. The minimum absolute atomic E-state index is 0.192. The van der Waals surface area contributed by atoms with Gasteiger partial charge in [-0.15, -0.1) is 0 Å². The Morgan fingerprint density at radius 2 is 2.06 bits per heavy atom. The largest absolute Gasteiger partial charge is 0.289 e. The van der Waals surface area contributed by atoms with Gasteiger partial charge in [-0.2, -0.15) is 0 Å². The van der Waals surface area contributed by atoms with Crippen molar-refractivity contribution in [3.8, 4) is 16.9 Å². The first kappa shape index (κ1) is 10.2. The van der Waals surface area contributed by atoms with E-state index in [9.17, 15) is 9.50 Å². The summed E-state index contributed by atoms with van der Waals surface area (Å²) in [6.45, 7) is 0. The van der Waals surface area contributed by atoms with Crippen molar-refractivity contribution in [2.45, 2.75) is 18.8 Å². The van der Waals surface area contributed by atoms with E-state index in [4.69, 9.17) is 0 Å². The van der Waals surface area contributed by atoms with E-state index in [0.29, 0.717) is 17.0 Å². The summed E-state index contributed by atoms with van der Waals surface area (Å²) >= 11 is 0. The van der Waals surface area contributed by atoms with E-state index < -0.39 is 5.82 Å². The quantitative estimate of drug-likeness (QED) is 0.793. The Bertz CT molecular complexity index is 567. The smallest absolute Gasteiger partial charge is 0.186 e. The van der Waals surface area contributed by atoms with Gasteiger partial charge >= 0.3 is 0 Å². The highest BCUT2D eigenvalue weighted by Gasteiger charge is 2.28. The highest BCUT2D eigenvalue weighted by atomic mass is 19.1. The Kier molecular flexibility index (Phi) is 2.28. The Morgan fingerprint density at radius 3 is 2.82 bits per heavy atom. The van der Waals surface area contributed by atoms with Crippen LogP contribution in [0.2, 0.25) is 0 Å². The molecule has 3 rings (SSSR count). The molecule has 0 N–H and O–H groups in total. The fourth-order valence-corrected chi connectivity index (χ4v) is 1.94. The minimum Gasteiger partial charge on any atom is -0.289 e. The predicted molar refractivity (Wildman–Crippen MR) is 59.5 cm³/mol. The number of nitrogens with zero attached hydrogens (tertiary/aromatic N) is 2. The van der Waals surface area contributed by atoms with Gasteiger partial charge < -0.3 is 0 Å². The van der Waals surface area contributed by atoms with Crippen LogP contribution in [-0.2, 0) is 5.11 Å². The molecule has 0 aliphatic heterocycles. The molecule has 0 unspecified atom stereocenters. The molecule has 1 heterocycles. The molecule has 0 amide bonds. The van der Waals surface area contributed by atoms with Crippen molar-refractivity contribution in [1.29, 1.82) is 0 Å². The van der Waals surface area contributed by atoms with Gasteiger partial charge in [-0.05, 0) is 31.0 Å². The van der Waals surface area contributed by atoms with Gasteiger partial charge in [-0.3, -0.25) is 5.11 Å². The van der Waals surface area contributed by atoms with Crippen molar-refractivity contribution in [2.75, 3.05) is 0 Å². The maximum absolute atomic E-state index is 13.2. The highest BCUT2D eigenvalue weighted by molar-refractivity contribution is 5.72. The Labute approximate surface area is 98.0 Å². The van der Waals surface area contributed by atoms with Gasteiger partial charge in [-0.25, -0.2) is 14.4 Å². The summed E-state index contributed by atoms with van der Waals surface area (Å²) in [6, 6.07) is 3.67. The molecule has 1 aliphatic rings. The van der Waals surface area contributed by atoms with Crippen LogP contribution in [0.1, 0.15) is 24.5 Å². The number of benzene rings is 1. The summed E-state index contributed by atoms with van der Waals surface area (Å²) in [5, 5.41) is 11.7. The topological polar surface area (TPSA) is 45.7 Å². The number of hydrogen-bond donors (Lipinski definition) is 0. The van der Waals surface area contributed by atoms with Gasteiger partial charge in [0.2, 0.25) is 0 Å². The lowest BCUT2D eigenvalue weighted by atomic mass is 10.0. The van der Waals surface area contributed by atoms with Crippen LogP contribution < -0.4 is 0 Å². The molecule has 3 nitrogen and oxygen atoms in total. The van der Waals surface area contributed by atoms with E-state index in [2.05, 4.69) is 9.97 Å². The summed E-state index contributed by atoms with van der Waals surface area (Å²) in [7, 11) is 0. The lowest BCUT2D eigenvalue weighted by molar-refractivity contribution is 0.356. The zero-order valence-electron chi connectivity index (χ0n) is 9.06. The zero-order valence-corrected chi connectivity index (χ0v) is 9.06. The lowest BCUT2D eigenvalue weighted by Gasteiger charge is -2.07. The Balaban J connectivity index is 2.17. The van der Waals surface area contributed by atoms with Crippen LogP contribution in [0, 0.1) is 5.82 Å². The van der Waals surface area contributed by atoms with Crippen molar-refractivity contribution in [3.63, 3.8) is 0 Å². The van der Waals surface area contributed by atoms with Gasteiger partial charge in [0, 0.05) is 23.2 Å². The second-order valence-electron chi connectivity index (χ2n) is 4.24. The molecular weight excluding hydrogens is 219 g/mol. The maximum Gasteiger partial charge on any atom is 0.186 e. The monoisotopic (exact) mass is 229 g/mol. The van der Waals surface area contributed by atoms with E-state index in [0.717, 1.165) is 18.5 Å². The molecule has 0 bridgehead atoms. The average molecular weight is 229 g/mol. The normalized spacial score (nSPS) is 14.9. The van der Waals surface area contributed by atoms with Crippen molar-refractivity contribution in [3.05, 3.63) is 42.2 Å². The number of rotatable bonds is 2. The summed E-state index contributed by atoms with van der Waals surface area (Å²) in [5.41, 5.74) is 1.88. The third-order valence-corrected chi connectivity index (χ3v) is 2.94. The number of halogens is 1. The molecule has 1 fully saturated rings. The summed E-state index contributed by atoms with van der Waals surface area (Å²) in [5.74, 6) is -0.205. The second-order valence-corrected chi connectivity index (χ2v) is 4.24. The van der Waals surface area contributed by atoms with Gasteiger partial charge in [0.15, 0.2) is 5.75 Å². The molecule has 85 valence electrons. The molecule has 0 saturated heterocycles. The van der Waals surface area contributed by atoms with E-state index in [-0.39, 0.29) is 5.75 Å². The second kappa shape index (κ2) is 3.80. The van der Waals surface area contributed by atoms with Gasteiger partial charge in [-0.1, -0.05) is 0 Å². The van der Waals surface area contributed by atoms with Crippen LogP contribution in [-0.4, -0.2) is 9.97 Å². The number of hydrogen-bond acceptors (Lipinski definition) is 2. The maximum atomic E-state index is 13.2. The Morgan fingerprint density at radius 1 is 1.24 bits per heavy atom. The van der Waals surface area contributed by atoms with E-state index in [1.54, 1.807) is 6.20 Å². The molecule has 1 aromatic carbocycles. The predicted octanol–water partition coefficient (Wildman–Crippen LogP) is 3.30. The third-order valence-electron chi connectivity index (χ3n) is 2.94. The van der Waals surface area contributed by atoms with Crippen LogP contribution in [0.4, 0.5) is 4.39 Å². The van der Waals surface area contributed by atoms with Gasteiger partial charge in [0.25, 0.3) is 0 Å². The summed E-state index contributed by atoms with van der Waals surface area (Å²) < 4.78 is 13.2. The fourth-order valence-electron chi connectivity index (χ4n) is 1.94. The summed E-state index contributed by atoms with van der Waals surface area (Å²) in [4.78, 5) is 8.15. The van der Waals surface area contributed by atoms with Crippen molar-refractivity contribution in [2.24, 2.45) is 0 Å². The van der Waals surface area contributed by atoms with Crippen molar-refractivity contribution < 1.29 is 9.50 Å². The first-order chi connectivity index (χ1) is 8.25. The molecule has 1 saturated carbocycles. The molecule has 1 aliphatic carbocycles. The van der Waals surface area contributed by atoms with Crippen LogP contribution in [0.3, 0.4) is 0 Å². The molecule has 2 aromatic rings.